The van der Waals surface area contributed by atoms with Gasteiger partial charge in [0.1, 0.15) is 5.78 Å². The largest absolute Gasteiger partial charge is 0.510 e. The van der Waals surface area contributed by atoms with Crippen LogP contribution >= 0.6 is 22.6 Å². The molecule has 0 saturated carbocycles. The molecule has 2 aromatic carbocycles. The Balaban J connectivity index is 1.87. The molecule has 0 unspecified atom stereocenters. The van der Waals surface area contributed by atoms with Crippen LogP contribution in [0, 0.1) is 36.0 Å². The van der Waals surface area contributed by atoms with Crippen LogP contribution in [0.4, 0.5) is 4.79 Å². The average molecular weight is 928 g/mol. The number of nitrogens with zero attached hydrogens (tertiary/aromatic N) is 1. The molecule has 1 aliphatic heterocycles. The highest BCUT2D eigenvalue weighted by molar-refractivity contribution is 14.1. The number of terminal acetylenes is 1. The third kappa shape index (κ3) is 17.6. The first-order valence-electron chi connectivity index (χ1n) is 20.6. The van der Waals surface area contributed by atoms with Crippen molar-refractivity contribution in [2.24, 2.45) is 23.7 Å². The molecule has 322 valence electrons. The van der Waals surface area contributed by atoms with Gasteiger partial charge >= 0.3 is 6.16 Å². The first-order chi connectivity index (χ1) is 28.1. The third-order valence-electron chi connectivity index (χ3n) is 10.2. The summed E-state index contributed by atoms with van der Waals surface area (Å²) in [7, 11) is 0. The molecule has 1 saturated heterocycles. The molecule has 5 atom stereocenters. The summed E-state index contributed by atoms with van der Waals surface area (Å²) >= 11 is 1.94. The molecule has 12 nitrogen and oxygen atoms in total. The van der Waals surface area contributed by atoms with Crippen LogP contribution in [0.15, 0.2) is 60.7 Å². The Morgan fingerprint density at radius 3 is 1.97 bits per heavy atom. The van der Waals surface area contributed by atoms with Crippen LogP contribution in [0.3, 0.4) is 0 Å². The van der Waals surface area contributed by atoms with Gasteiger partial charge in [-0.25, -0.2) is 4.79 Å². The summed E-state index contributed by atoms with van der Waals surface area (Å²) in [5.41, 5.74) is 0.212. The van der Waals surface area contributed by atoms with E-state index in [1.54, 1.807) is 0 Å². The zero-order valence-electron chi connectivity index (χ0n) is 35.2. The maximum Gasteiger partial charge on any atom is 0.510 e. The lowest BCUT2D eigenvalue weighted by molar-refractivity contribution is -0.141. The first kappa shape index (κ1) is 49.2. The molecule has 0 bridgehead atoms. The van der Waals surface area contributed by atoms with E-state index in [1.165, 1.54) is 6.92 Å². The molecule has 2 amide bonds. The summed E-state index contributed by atoms with van der Waals surface area (Å²) < 4.78 is 15.8. The lowest BCUT2D eigenvalue weighted by atomic mass is 9.87. The van der Waals surface area contributed by atoms with Crippen LogP contribution in [-0.4, -0.2) is 102 Å². The number of benzene rings is 2. The second-order valence-corrected chi connectivity index (χ2v) is 17.1. The van der Waals surface area contributed by atoms with Crippen molar-refractivity contribution in [3.63, 3.8) is 0 Å². The number of amides is 2. The van der Waals surface area contributed by atoms with Crippen LogP contribution < -0.4 is 10.6 Å². The predicted molar refractivity (Wildman–Crippen MR) is 235 cm³/mol. The molecule has 1 aliphatic rings. The zero-order chi connectivity index (χ0) is 43.4. The summed E-state index contributed by atoms with van der Waals surface area (Å²) in [5.74, 6) is -1.20. The number of carbonyl (C=O) groups is 6. The number of hydrogen-bond donors (Lipinski definition) is 2. The second kappa shape index (κ2) is 25.5. The topological polar surface area (TPSA) is 157 Å². The van der Waals surface area contributed by atoms with Crippen molar-refractivity contribution in [1.29, 1.82) is 0 Å². The number of nitrogens with one attached hydrogen (secondary N) is 2. The number of alkyl halides is 1. The fourth-order valence-electron chi connectivity index (χ4n) is 7.05. The number of aryl methyl sites for hydroxylation is 1. The van der Waals surface area contributed by atoms with Crippen molar-refractivity contribution in [2.45, 2.75) is 97.2 Å². The number of ketones is 3. The van der Waals surface area contributed by atoms with Crippen molar-refractivity contribution in [3.05, 3.63) is 71.8 Å². The summed E-state index contributed by atoms with van der Waals surface area (Å²) in [5, 5.41) is 5.92. The van der Waals surface area contributed by atoms with Crippen LogP contribution in [0.25, 0.3) is 0 Å². The van der Waals surface area contributed by atoms with Crippen LogP contribution in [-0.2, 0) is 51.0 Å². The van der Waals surface area contributed by atoms with Gasteiger partial charge in [0.15, 0.2) is 23.8 Å². The summed E-state index contributed by atoms with van der Waals surface area (Å²) in [6, 6.07) is 17.1. The van der Waals surface area contributed by atoms with Gasteiger partial charge in [-0.2, -0.15) is 0 Å². The number of Topliss-reactive ketones (excluding diaryl/α,β-unsaturated/α-hetero) is 3. The van der Waals surface area contributed by atoms with Gasteiger partial charge in [-0.3, -0.25) is 28.9 Å². The van der Waals surface area contributed by atoms with Gasteiger partial charge < -0.3 is 24.8 Å². The standard InChI is InChI=1S/C46H62IN3O9/c1-7-22-58-45(56)59-46(6,31-47)42(53)40(26-33(4)5)49-44(55)37(27-35-16-12-9-13-17-35)29-41(52)39(25-32(2)3)48-43(54)36(19-18-34-14-10-8-11-15-34)28-38(51)30-50-20-23-57-24-21-50/h1,8-17,32-33,36-37,39-40H,18-31H2,2-6H3,(H,48,54)(H,49,55)/t36-,37-,39+,40+,46-/m1/s1. The third-order valence-corrected chi connectivity index (χ3v) is 11.7. The number of carbonyl (C=O) groups excluding carboxylic acids is 6. The molecule has 0 radical (unpaired) electrons. The van der Waals surface area contributed by atoms with Crippen molar-refractivity contribution in [1.82, 2.24) is 15.5 Å². The maximum absolute atomic E-state index is 14.4. The smallest absolute Gasteiger partial charge is 0.421 e. The Labute approximate surface area is 363 Å². The Hall–Kier alpha value is -4.13. The van der Waals surface area contributed by atoms with Gasteiger partial charge in [0.05, 0.1) is 31.8 Å². The van der Waals surface area contributed by atoms with Crippen molar-refractivity contribution < 1.29 is 43.0 Å². The van der Waals surface area contributed by atoms with E-state index >= 15 is 0 Å². The lowest BCUT2D eigenvalue weighted by Crippen LogP contribution is -2.55. The van der Waals surface area contributed by atoms with E-state index in [2.05, 4.69) is 16.6 Å². The number of ether oxygens (including phenoxy) is 3. The van der Waals surface area contributed by atoms with E-state index < -0.39 is 47.4 Å². The lowest BCUT2D eigenvalue weighted by Gasteiger charge is -2.31. The van der Waals surface area contributed by atoms with Gasteiger partial charge in [-0.1, -0.05) is 117 Å². The minimum absolute atomic E-state index is 0.0164. The molecular weight excluding hydrogens is 865 g/mol. The van der Waals surface area contributed by atoms with E-state index in [0.29, 0.717) is 45.6 Å². The maximum atomic E-state index is 14.4. The number of morpholine rings is 1. The van der Waals surface area contributed by atoms with Crippen molar-refractivity contribution in [3.8, 4) is 12.3 Å². The van der Waals surface area contributed by atoms with E-state index in [4.69, 9.17) is 20.6 Å². The Morgan fingerprint density at radius 2 is 1.39 bits per heavy atom. The highest BCUT2D eigenvalue weighted by Crippen LogP contribution is 2.24. The molecule has 1 heterocycles. The predicted octanol–water partition coefficient (Wildman–Crippen LogP) is 5.96. The van der Waals surface area contributed by atoms with Crippen LogP contribution in [0.1, 0.15) is 77.8 Å². The van der Waals surface area contributed by atoms with E-state index in [1.807, 2.05) is 116 Å². The molecule has 2 aromatic rings. The number of rotatable bonds is 25. The summed E-state index contributed by atoms with van der Waals surface area (Å²) in [6.45, 7) is 11.5. The van der Waals surface area contributed by atoms with Gasteiger partial charge in [0.2, 0.25) is 11.8 Å². The van der Waals surface area contributed by atoms with E-state index in [-0.39, 0.29) is 72.6 Å². The van der Waals surface area contributed by atoms with Crippen LogP contribution in [0.5, 0.6) is 0 Å². The number of halogens is 1. The summed E-state index contributed by atoms with van der Waals surface area (Å²) in [6.07, 6.45) is 5.68. The molecule has 0 spiro atoms. The summed E-state index contributed by atoms with van der Waals surface area (Å²) in [4.78, 5) is 84.8. The fourth-order valence-corrected chi connectivity index (χ4v) is 7.58. The SMILES string of the molecule is C#CCOC(=O)O[C@](C)(CI)C(=O)[C@H](CC(C)C)NC(=O)[C@@H](CC(=O)[C@H](CC(C)C)NC(=O)[C@H](CCc1ccccc1)CC(=O)CN1CCOCC1)Cc1ccccc1. The van der Waals surface area contributed by atoms with Gasteiger partial charge in [0.25, 0.3) is 0 Å². The molecule has 13 heteroatoms. The van der Waals surface area contributed by atoms with Crippen molar-refractivity contribution in [2.75, 3.05) is 43.9 Å². The monoisotopic (exact) mass is 927 g/mol. The fraction of sp³-hybridized carbons (Fsp3) is 0.565. The first-order valence-corrected chi connectivity index (χ1v) is 22.1. The molecule has 59 heavy (non-hydrogen) atoms. The van der Waals surface area contributed by atoms with E-state index in [9.17, 15) is 28.8 Å². The number of hydrogen-bond acceptors (Lipinski definition) is 10. The van der Waals surface area contributed by atoms with Crippen LogP contribution in [0.2, 0.25) is 0 Å². The molecule has 2 N–H and O–H groups in total. The Kier molecular flexibility index (Phi) is 21.3. The molecule has 0 aliphatic carbocycles. The van der Waals surface area contributed by atoms with Crippen molar-refractivity contribution >= 4 is 57.9 Å². The van der Waals surface area contributed by atoms with Gasteiger partial charge in [-0.05, 0) is 62.0 Å². The Bertz CT molecular complexity index is 1710. The minimum Gasteiger partial charge on any atom is -0.421 e. The molecule has 3 rings (SSSR count). The van der Waals surface area contributed by atoms with E-state index in [0.717, 1.165) is 11.1 Å². The molecule has 1 fully saturated rings. The van der Waals surface area contributed by atoms with Gasteiger partial charge in [0, 0.05) is 42.2 Å². The zero-order valence-corrected chi connectivity index (χ0v) is 37.4. The normalized spacial score (nSPS) is 16.1. The average Bonchev–Trinajstić information content (AvgIpc) is 3.21. The Morgan fingerprint density at radius 1 is 0.831 bits per heavy atom. The van der Waals surface area contributed by atoms with Gasteiger partial charge in [-0.15, -0.1) is 6.42 Å². The molecule has 0 aromatic heterocycles. The second-order valence-electron chi connectivity index (χ2n) is 16.4. The molecular formula is C46H62IN3O9. The highest BCUT2D eigenvalue weighted by Gasteiger charge is 2.43. The minimum atomic E-state index is -1.64. The quantitative estimate of drug-likeness (QED) is 0.0528. The highest BCUT2D eigenvalue weighted by atomic mass is 127.